The molecule has 1 saturated carbocycles. The number of aliphatic hydroxyl groups is 1. The fraction of sp³-hybridized carbons (Fsp3) is 0.667. The smallest absolute Gasteiger partial charge is 0.115 e. The van der Waals surface area contributed by atoms with Crippen molar-refractivity contribution >= 4 is 0 Å². The summed E-state index contributed by atoms with van der Waals surface area (Å²) in [6, 6.07) is 0. The normalized spacial score (nSPS) is 39.5. The van der Waals surface area contributed by atoms with E-state index in [1.54, 1.807) is 0 Å². The van der Waals surface area contributed by atoms with E-state index in [0.29, 0.717) is 0 Å². The van der Waals surface area contributed by atoms with Crippen molar-refractivity contribution in [1.29, 1.82) is 0 Å². The second-order valence-corrected chi connectivity index (χ2v) is 3.38. The lowest BCUT2D eigenvalue weighted by atomic mass is 10.0. The highest BCUT2D eigenvalue weighted by atomic mass is 16.6. The minimum atomic E-state index is -0.399. The van der Waals surface area contributed by atoms with Gasteiger partial charge >= 0.3 is 0 Å². The lowest BCUT2D eigenvalue weighted by Crippen LogP contribution is -2.06. The van der Waals surface area contributed by atoms with Gasteiger partial charge in [0.1, 0.15) is 6.10 Å². The van der Waals surface area contributed by atoms with E-state index in [1.165, 1.54) is 5.57 Å². The number of rotatable bonds is 2. The lowest BCUT2D eigenvalue weighted by molar-refractivity contribution is 0.0823. The molecule has 0 heterocycles. The van der Waals surface area contributed by atoms with Crippen LogP contribution in [0, 0.1) is 5.92 Å². The van der Waals surface area contributed by atoms with Crippen molar-refractivity contribution < 1.29 is 9.94 Å². The maximum Gasteiger partial charge on any atom is 0.115 e. The Kier molecular flexibility index (Phi) is 2.03. The molecule has 0 aromatic carbocycles. The summed E-state index contributed by atoms with van der Waals surface area (Å²) in [6.45, 7) is 0. The van der Waals surface area contributed by atoms with Gasteiger partial charge in [0.15, 0.2) is 0 Å². The molecule has 2 aliphatic carbocycles. The molecule has 3 atom stereocenters. The van der Waals surface area contributed by atoms with Crippen LogP contribution in [0.4, 0.5) is 0 Å². The van der Waals surface area contributed by atoms with Gasteiger partial charge in [-0.2, -0.15) is 0 Å². The molecule has 0 aromatic heterocycles. The highest BCUT2D eigenvalue weighted by Crippen LogP contribution is 2.41. The van der Waals surface area contributed by atoms with E-state index in [1.807, 2.05) is 6.08 Å². The average molecular weight is 167 g/mol. The van der Waals surface area contributed by atoms with Gasteiger partial charge in [0.2, 0.25) is 0 Å². The van der Waals surface area contributed by atoms with Crippen LogP contribution >= 0.6 is 0 Å². The molecule has 0 aromatic rings. The van der Waals surface area contributed by atoms with Crippen LogP contribution in [0.2, 0.25) is 0 Å². The zero-order chi connectivity index (χ0) is 8.55. The molecule has 2 aliphatic rings. The van der Waals surface area contributed by atoms with Crippen LogP contribution in [0.5, 0.6) is 0 Å². The topological polar surface area (TPSA) is 55.5 Å². The van der Waals surface area contributed by atoms with Crippen molar-refractivity contribution in [2.24, 2.45) is 11.8 Å². The summed E-state index contributed by atoms with van der Waals surface area (Å²) < 4.78 is 0. The first kappa shape index (κ1) is 8.02. The van der Waals surface area contributed by atoms with Crippen molar-refractivity contribution in [3.05, 3.63) is 17.4 Å². The van der Waals surface area contributed by atoms with Gasteiger partial charge in [-0.25, -0.2) is 5.90 Å². The molecule has 1 fully saturated rings. The van der Waals surface area contributed by atoms with E-state index >= 15 is 0 Å². The first-order valence-electron chi connectivity index (χ1n) is 4.32. The van der Waals surface area contributed by atoms with E-state index in [-0.39, 0.29) is 12.0 Å². The average Bonchev–Trinajstić information content (AvgIpc) is 2.78. The van der Waals surface area contributed by atoms with Gasteiger partial charge in [-0.15, -0.1) is 5.73 Å². The zero-order valence-corrected chi connectivity index (χ0v) is 6.86. The van der Waals surface area contributed by atoms with E-state index in [0.717, 1.165) is 19.3 Å². The molecular weight excluding hydrogens is 154 g/mol. The molecule has 0 spiro atoms. The fourth-order valence-electron chi connectivity index (χ4n) is 1.77. The van der Waals surface area contributed by atoms with Crippen LogP contribution in [0.25, 0.3) is 0 Å². The Bertz CT molecular complexity index is 243. The van der Waals surface area contributed by atoms with Gasteiger partial charge in [-0.3, -0.25) is 4.84 Å². The minimum absolute atomic E-state index is 0.117. The van der Waals surface area contributed by atoms with Crippen LogP contribution in [-0.2, 0) is 4.84 Å². The Morgan fingerprint density at radius 1 is 1.67 bits per heavy atom. The first-order valence-corrected chi connectivity index (χ1v) is 4.32. The highest BCUT2D eigenvalue weighted by Gasteiger charge is 2.52. The quantitative estimate of drug-likeness (QED) is 0.465. The van der Waals surface area contributed by atoms with E-state index in [4.69, 9.17) is 5.90 Å². The summed E-state index contributed by atoms with van der Waals surface area (Å²) in [4.78, 5) is 4.61. The monoisotopic (exact) mass is 167 g/mol. The highest BCUT2D eigenvalue weighted by molar-refractivity contribution is 5.23. The largest absolute Gasteiger partial charge is 0.390 e. The minimum Gasteiger partial charge on any atom is -0.390 e. The van der Waals surface area contributed by atoms with Gasteiger partial charge in [-0.05, 0) is 30.9 Å². The summed E-state index contributed by atoms with van der Waals surface area (Å²) >= 11 is 0. The summed E-state index contributed by atoms with van der Waals surface area (Å²) in [7, 11) is 0. The Hall–Kier alpha value is -0.600. The summed E-state index contributed by atoms with van der Waals surface area (Å²) in [5, 5.41) is 9.36. The molecule has 3 N–H and O–H groups in total. The first-order chi connectivity index (χ1) is 5.84. The molecular formula is C9H13NO2. The van der Waals surface area contributed by atoms with Crippen LogP contribution in [0.1, 0.15) is 19.3 Å². The van der Waals surface area contributed by atoms with Gasteiger partial charge in [0, 0.05) is 5.92 Å². The SMILES string of the molecule is NOC1C(O)C1C1=C=CCCC1. The molecule has 0 radical (unpaired) electrons. The second kappa shape index (κ2) is 3.04. The van der Waals surface area contributed by atoms with Crippen molar-refractivity contribution in [2.75, 3.05) is 0 Å². The molecule has 3 nitrogen and oxygen atoms in total. The van der Waals surface area contributed by atoms with E-state index < -0.39 is 6.10 Å². The summed E-state index contributed by atoms with van der Waals surface area (Å²) in [5.74, 6) is 5.13. The van der Waals surface area contributed by atoms with Crippen LogP contribution in [0.3, 0.4) is 0 Å². The zero-order valence-electron chi connectivity index (χ0n) is 6.86. The maximum absolute atomic E-state index is 9.36. The van der Waals surface area contributed by atoms with Crippen molar-refractivity contribution in [3.8, 4) is 0 Å². The molecule has 3 unspecified atom stereocenters. The molecule has 0 aliphatic heterocycles. The van der Waals surface area contributed by atoms with Gasteiger partial charge in [0.05, 0.1) is 6.10 Å². The van der Waals surface area contributed by atoms with Crippen LogP contribution in [-0.4, -0.2) is 17.3 Å². The van der Waals surface area contributed by atoms with Gasteiger partial charge < -0.3 is 5.11 Å². The Balaban J connectivity index is 2.07. The Labute approximate surface area is 71.5 Å². The van der Waals surface area contributed by atoms with Crippen LogP contribution < -0.4 is 5.90 Å². The number of hydrogen-bond donors (Lipinski definition) is 2. The van der Waals surface area contributed by atoms with Crippen molar-refractivity contribution in [1.82, 2.24) is 0 Å². The number of hydrogen-bond acceptors (Lipinski definition) is 3. The molecule has 0 bridgehead atoms. The molecule has 2 rings (SSSR count). The summed E-state index contributed by atoms with van der Waals surface area (Å²) in [6.07, 6.45) is 4.72. The summed E-state index contributed by atoms with van der Waals surface area (Å²) in [5.41, 5.74) is 4.34. The maximum atomic E-state index is 9.36. The standard InChI is InChI=1S/C9H13NO2/c10-12-9-7(8(9)11)6-4-2-1-3-5-6/h2,7-9,11H,1,3,5,10H2. The molecule has 66 valence electrons. The predicted octanol–water partition coefficient (Wildman–Crippen LogP) is 0.501. The predicted molar refractivity (Wildman–Crippen MR) is 44.0 cm³/mol. The fourth-order valence-corrected chi connectivity index (χ4v) is 1.77. The Morgan fingerprint density at radius 3 is 3.00 bits per heavy atom. The Morgan fingerprint density at radius 2 is 2.50 bits per heavy atom. The molecule has 0 saturated heterocycles. The third kappa shape index (κ3) is 1.21. The van der Waals surface area contributed by atoms with E-state index in [2.05, 4.69) is 10.6 Å². The lowest BCUT2D eigenvalue weighted by Gasteiger charge is -2.05. The van der Waals surface area contributed by atoms with Gasteiger partial charge in [0.25, 0.3) is 0 Å². The third-order valence-corrected chi connectivity index (χ3v) is 2.56. The number of nitrogens with two attached hydrogens (primary N) is 1. The van der Waals surface area contributed by atoms with Gasteiger partial charge in [-0.1, -0.05) is 0 Å². The van der Waals surface area contributed by atoms with Crippen molar-refractivity contribution in [2.45, 2.75) is 31.5 Å². The number of aliphatic hydroxyl groups excluding tert-OH is 1. The van der Waals surface area contributed by atoms with Crippen molar-refractivity contribution in [3.63, 3.8) is 0 Å². The van der Waals surface area contributed by atoms with Crippen LogP contribution in [0.15, 0.2) is 17.4 Å². The third-order valence-electron chi connectivity index (χ3n) is 2.56. The molecule has 3 heteroatoms. The second-order valence-electron chi connectivity index (χ2n) is 3.38. The molecule has 0 amide bonds. The molecule has 12 heavy (non-hydrogen) atoms. The van der Waals surface area contributed by atoms with E-state index in [9.17, 15) is 5.11 Å².